The highest BCUT2D eigenvalue weighted by Crippen LogP contribution is 2.36. The van der Waals surface area contributed by atoms with Gasteiger partial charge in [-0.25, -0.2) is 4.98 Å². The molecule has 1 atom stereocenters. The second-order valence-corrected chi connectivity index (χ2v) is 4.97. The molecule has 0 saturated heterocycles. The van der Waals surface area contributed by atoms with E-state index in [0.29, 0.717) is 5.92 Å². The number of hydrogen-bond acceptors (Lipinski definition) is 2. The largest absolute Gasteiger partial charge is 0.253 e. The lowest BCUT2D eigenvalue weighted by Crippen LogP contribution is -2.07. The molecular formula is C13H13ClN2. The van der Waals surface area contributed by atoms with Crippen LogP contribution in [-0.4, -0.2) is 15.3 Å². The van der Waals surface area contributed by atoms with Gasteiger partial charge >= 0.3 is 0 Å². The molecule has 1 aliphatic rings. The predicted octanol–water partition coefficient (Wildman–Crippen LogP) is 3.19. The van der Waals surface area contributed by atoms with Gasteiger partial charge in [0, 0.05) is 18.0 Å². The average molecular weight is 233 g/mol. The summed E-state index contributed by atoms with van der Waals surface area (Å²) in [6, 6.07) is 7.93. The van der Waals surface area contributed by atoms with Crippen LogP contribution in [-0.2, 0) is 6.42 Å². The molecule has 1 aromatic carbocycles. The normalized spacial score (nSPS) is 17.6. The monoisotopic (exact) mass is 232 g/mol. The third-order valence-corrected chi connectivity index (χ3v) is 3.55. The van der Waals surface area contributed by atoms with Gasteiger partial charge in [0.2, 0.25) is 0 Å². The Hall–Kier alpha value is -1.15. The number of rotatable bonds is 3. The average Bonchev–Trinajstić information content (AvgIpc) is 3.12. The Balaban J connectivity index is 1.86. The van der Waals surface area contributed by atoms with Crippen LogP contribution in [0.25, 0.3) is 11.0 Å². The number of benzene rings is 1. The molecule has 0 bridgehead atoms. The SMILES string of the molecule is ClC(Cc1cnc2ccccc2n1)C1CC1. The highest BCUT2D eigenvalue weighted by Gasteiger charge is 2.29. The molecule has 0 aliphatic heterocycles. The van der Waals surface area contributed by atoms with Gasteiger partial charge in [-0.3, -0.25) is 4.98 Å². The van der Waals surface area contributed by atoms with Crippen LogP contribution in [0.15, 0.2) is 30.5 Å². The second-order valence-electron chi connectivity index (χ2n) is 4.41. The summed E-state index contributed by atoms with van der Waals surface area (Å²) < 4.78 is 0. The van der Waals surface area contributed by atoms with Crippen LogP contribution < -0.4 is 0 Å². The lowest BCUT2D eigenvalue weighted by molar-refractivity contribution is 0.724. The van der Waals surface area contributed by atoms with Crippen LogP contribution in [0.1, 0.15) is 18.5 Å². The van der Waals surface area contributed by atoms with Crippen molar-refractivity contribution in [2.45, 2.75) is 24.6 Å². The molecule has 1 aliphatic carbocycles. The number of nitrogens with zero attached hydrogens (tertiary/aromatic N) is 2. The van der Waals surface area contributed by atoms with Crippen LogP contribution in [0.2, 0.25) is 0 Å². The van der Waals surface area contributed by atoms with Gasteiger partial charge in [-0.2, -0.15) is 0 Å². The maximum atomic E-state index is 6.30. The molecule has 1 saturated carbocycles. The van der Waals surface area contributed by atoms with Gasteiger partial charge in [0.05, 0.1) is 16.7 Å². The zero-order valence-corrected chi connectivity index (χ0v) is 9.69. The Labute approximate surface area is 99.7 Å². The van der Waals surface area contributed by atoms with Gasteiger partial charge in [-0.15, -0.1) is 11.6 Å². The maximum absolute atomic E-state index is 6.30. The van der Waals surface area contributed by atoms with Gasteiger partial charge in [0.25, 0.3) is 0 Å². The van der Waals surface area contributed by atoms with E-state index in [0.717, 1.165) is 23.1 Å². The fraction of sp³-hybridized carbons (Fsp3) is 0.385. The highest BCUT2D eigenvalue weighted by atomic mass is 35.5. The lowest BCUT2D eigenvalue weighted by atomic mass is 10.1. The van der Waals surface area contributed by atoms with Crippen molar-refractivity contribution in [1.82, 2.24) is 9.97 Å². The van der Waals surface area contributed by atoms with E-state index in [-0.39, 0.29) is 5.38 Å². The number of aromatic nitrogens is 2. The summed E-state index contributed by atoms with van der Waals surface area (Å²) in [6.45, 7) is 0. The van der Waals surface area contributed by atoms with Gasteiger partial charge < -0.3 is 0 Å². The first kappa shape index (κ1) is 10.0. The Bertz CT molecular complexity index is 508. The molecular weight excluding hydrogens is 220 g/mol. The molecule has 0 spiro atoms. The summed E-state index contributed by atoms with van der Waals surface area (Å²) >= 11 is 6.30. The van der Waals surface area contributed by atoms with E-state index in [4.69, 9.17) is 11.6 Å². The van der Waals surface area contributed by atoms with E-state index in [9.17, 15) is 0 Å². The quantitative estimate of drug-likeness (QED) is 0.760. The van der Waals surface area contributed by atoms with Crippen molar-refractivity contribution in [3.63, 3.8) is 0 Å². The first-order valence-electron chi connectivity index (χ1n) is 5.67. The van der Waals surface area contributed by atoms with E-state index in [1.54, 1.807) is 0 Å². The molecule has 1 heterocycles. The number of fused-ring (bicyclic) bond motifs is 1. The van der Waals surface area contributed by atoms with Crippen LogP contribution in [0.3, 0.4) is 0 Å². The third kappa shape index (κ3) is 2.03. The van der Waals surface area contributed by atoms with Crippen molar-refractivity contribution in [3.05, 3.63) is 36.2 Å². The molecule has 1 fully saturated rings. The molecule has 82 valence electrons. The molecule has 0 N–H and O–H groups in total. The number of hydrogen-bond donors (Lipinski definition) is 0. The molecule has 1 unspecified atom stereocenters. The zero-order chi connectivity index (χ0) is 11.0. The van der Waals surface area contributed by atoms with E-state index in [1.807, 2.05) is 30.5 Å². The Morgan fingerprint density at radius 3 is 2.75 bits per heavy atom. The van der Waals surface area contributed by atoms with Gasteiger partial charge in [0.15, 0.2) is 0 Å². The summed E-state index contributed by atoms with van der Waals surface area (Å²) in [6.07, 6.45) is 5.23. The standard InChI is InChI=1S/C13H13ClN2/c14-11(9-5-6-9)7-10-8-15-12-3-1-2-4-13(12)16-10/h1-4,8-9,11H,5-7H2. The molecule has 0 amide bonds. The van der Waals surface area contributed by atoms with Crippen LogP contribution in [0.5, 0.6) is 0 Å². The smallest absolute Gasteiger partial charge is 0.0890 e. The molecule has 2 aromatic rings. The summed E-state index contributed by atoms with van der Waals surface area (Å²) in [5.41, 5.74) is 2.91. The minimum Gasteiger partial charge on any atom is -0.253 e. The van der Waals surface area contributed by atoms with Crippen molar-refractivity contribution in [1.29, 1.82) is 0 Å². The fourth-order valence-electron chi connectivity index (χ4n) is 1.92. The fourth-order valence-corrected chi connectivity index (χ4v) is 2.33. The van der Waals surface area contributed by atoms with Gasteiger partial charge in [0.1, 0.15) is 0 Å². The van der Waals surface area contributed by atoms with E-state index < -0.39 is 0 Å². The third-order valence-electron chi connectivity index (χ3n) is 3.04. The number of alkyl halides is 1. The van der Waals surface area contributed by atoms with E-state index in [2.05, 4.69) is 9.97 Å². The van der Waals surface area contributed by atoms with Gasteiger partial charge in [-0.05, 0) is 30.9 Å². The zero-order valence-electron chi connectivity index (χ0n) is 8.94. The summed E-state index contributed by atoms with van der Waals surface area (Å²) in [5.74, 6) is 0.704. The van der Waals surface area contributed by atoms with Crippen molar-refractivity contribution in [3.8, 4) is 0 Å². The van der Waals surface area contributed by atoms with E-state index >= 15 is 0 Å². The summed E-state index contributed by atoms with van der Waals surface area (Å²) in [7, 11) is 0. The number of para-hydroxylation sites is 2. The molecule has 1 aromatic heterocycles. The predicted molar refractivity (Wildman–Crippen MR) is 65.6 cm³/mol. The van der Waals surface area contributed by atoms with Crippen LogP contribution in [0.4, 0.5) is 0 Å². The molecule has 3 heteroatoms. The Kier molecular flexibility index (Phi) is 2.52. The van der Waals surface area contributed by atoms with Crippen LogP contribution >= 0.6 is 11.6 Å². The molecule has 16 heavy (non-hydrogen) atoms. The summed E-state index contributed by atoms with van der Waals surface area (Å²) in [5, 5.41) is 0.232. The van der Waals surface area contributed by atoms with Crippen molar-refractivity contribution in [2.75, 3.05) is 0 Å². The first-order valence-corrected chi connectivity index (χ1v) is 6.11. The minimum absolute atomic E-state index is 0.232. The number of halogens is 1. The minimum atomic E-state index is 0.232. The highest BCUT2D eigenvalue weighted by molar-refractivity contribution is 6.21. The maximum Gasteiger partial charge on any atom is 0.0890 e. The Morgan fingerprint density at radius 1 is 1.25 bits per heavy atom. The van der Waals surface area contributed by atoms with E-state index in [1.165, 1.54) is 12.8 Å². The van der Waals surface area contributed by atoms with Crippen LogP contribution in [0, 0.1) is 5.92 Å². The first-order chi connectivity index (χ1) is 7.83. The molecule has 0 radical (unpaired) electrons. The molecule has 3 rings (SSSR count). The lowest BCUT2D eigenvalue weighted by Gasteiger charge is -2.07. The Morgan fingerprint density at radius 2 is 2.00 bits per heavy atom. The second kappa shape index (κ2) is 4.02. The van der Waals surface area contributed by atoms with Gasteiger partial charge in [-0.1, -0.05) is 12.1 Å². The van der Waals surface area contributed by atoms with Crippen molar-refractivity contribution >= 4 is 22.6 Å². The van der Waals surface area contributed by atoms with Crippen molar-refractivity contribution < 1.29 is 0 Å². The topological polar surface area (TPSA) is 25.8 Å². The summed E-state index contributed by atoms with van der Waals surface area (Å²) in [4.78, 5) is 8.97. The van der Waals surface area contributed by atoms with Crippen molar-refractivity contribution in [2.24, 2.45) is 5.92 Å². The molecule has 2 nitrogen and oxygen atoms in total.